The first kappa shape index (κ1) is 16.3. The van der Waals surface area contributed by atoms with Crippen molar-refractivity contribution in [3.63, 3.8) is 0 Å². The molecule has 1 saturated carbocycles. The lowest BCUT2D eigenvalue weighted by Gasteiger charge is -2.21. The summed E-state index contributed by atoms with van der Waals surface area (Å²) in [4.78, 5) is 2.43. The van der Waals surface area contributed by atoms with E-state index < -0.39 is 0 Å². The lowest BCUT2D eigenvalue weighted by atomic mass is 9.99. The maximum absolute atomic E-state index is 4.01. The van der Waals surface area contributed by atoms with Gasteiger partial charge in [0, 0.05) is 25.7 Å². The fraction of sp³-hybridized carbons (Fsp3) is 0.579. The second-order valence-corrected chi connectivity index (χ2v) is 6.59. The number of nitrogens with zero attached hydrogens (tertiary/aromatic N) is 1. The molecular formula is C19H30N2. The second-order valence-electron chi connectivity index (χ2n) is 6.59. The summed E-state index contributed by atoms with van der Waals surface area (Å²) in [5.74, 6) is 0.595. The summed E-state index contributed by atoms with van der Waals surface area (Å²) >= 11 is 0. The molecule has 0 amide bonds. The molecule has 0 bridgehead atoms. The molecule has 1 fully saturated rings. The minimum Gasteiger partial charge on any atom is -0.313 e. The first-order chi connectivity index (χ1) is 10.1. The van der Waals surface area contributed by atoms with Gasteiger partial charge in [-0.05, 0) is 43.4 Å². The van der Waals surface area contributed by atoms with Gasteiger partial charge in [-0.1, -0.05) is 50.3 Å². The summed E-state index contributed by atoms with van der Waals surface area (Å²) in [6.07, 6.45) is 2.72. The van der Waals surface area contributed by atoms with Crippen LogP contribution >= 0.6 is 0 Å². The molecule has 1 N–H and O–H groups in total. The van der Waals surface area contributed by atoms with Crippen LogP contribution < -0.4 is 5.32 Å². The van der Waals surface area contributed by atoms with Gasteiger partial charge in [0.15, 0.2) is 0 Å². The van der Waals surface area contributed by atoms with Gasteiger partial charge in [0.05, 0.1) is 0 Å². The van der Waals surface area contributed by atoms with Crippen LogP contribution in [0.15, 0.2) is 36.4 Å². The molecule has 2 nitrogen and oxygen atoms in total. The topological polar surface area (TPSA) is 15.3 Å². The molecule has 1 atom stereocenters. The van der Waals surface area contributed by atoms with E-state index >= 15 is 0 Å². The standard InChI is InChI=1S/C19H30N2/c1-5-21(13-15(2)3)14-17-6-8-18(9-7-17)16(4)12-20-19-10-11-19/h6-9,16,19-20H,2,5,10-14H2,1,3-4H3. The van der Waals surface area contributed by atoms with Gasteiger partial charge >= 0.3 is 0 Å². The van der Waals surface area contributed by atoms with E-state index in [-0.39, 0.29) is 0 Å². The summed E-state index contributed by atoms with van der Waals surface area (Å²) in [7, 11) is 0. The summed E-state index contributed by atoms with van der Waals surface area (Å²) in [5.41, 5.74) is 4.06. The average Bonchev–Trinajstić information content (AvgIpc) is 3.28. The highest BCUT2D eigenvalue weighted by Gasteiger charge is 2.21. The van der Waals surface area contributed by atoms with Gasteiger partial charge in [-0.3, -0.25) is 4.90 Å². The number of hydrogen-bond donors (Lipinski definition) is 1. The SMILES string of the molecule is C=C(C)CN(CC)Cc1ccc(C(C)CNC2CC2)cc1. The summed E-state index contributed by atoms with van der Waals surface area (Å²) in [6.45, 7) is 14.8. The first-order valence-electron chi connectivity index (χ1n) is 8.27. The van der Waals surface area contributed by atoms with Crippen molar-refractivity contribution in [3.8, 4) is 0 Å². The van der Waals surface area contributed by atoms with E-state index in [4.69, 9.17) is 0 Å². The summed E-state index contributed by atoms with van der Waals surface area (Å²) in [6, 6.07) is 9.95. The van der Waals surface area contributed by atoms with Gasteiger partial charge in [-0.2, -0.15) is 0 Å². The predicted molar refractivity (Wildman–Crippen MR) is 91.6 cm³/mol. The van der Waals surface area contributed by atoms with Gasteiger partial charge in [-0.25, -0.2) is 0 Å². The molecule has 0 saturated heterocycles. The second kappa shape index (κ2) is 7.77. The van der Waals surface area contributed by atoms with E-state index in [2.05, 4.69) is 61.8 Å². The first-order valence-corrected chi connectivity index (χ1v) is 8.27. The Morgan fingerprint density at radius 1 is 1.33 bits per heavy atom. The smallest absolute Gasteiger partial charge is 0.0237 e. The number of benzene rings is 1. The lowest BCUT2D eigenvalue weighted by Crippen LogP contribution is -2.24. The van der Waals surface area contributed by atoms with Crippen molar-refractivity contribution in [3.05, 3.63) is 47.5 Å². The van der Waals surface area contributed by atoms with Gasteiger partial charge in [0.25, 0.3) is 0 Å². The van der Waals surface area contributed by atoms with Crippen molar-refractivity contribution in [2.45, 2.75) is 52.1 Å². The highest BCUT2D eigenvalue weighted by atomic mass is 15.1. The minimum absolute atomic E-state index is 0.595. The monoisotopic (exact) mass is 286 g/mol. The number of nitrogens with one attached hydrogen (secondary N) is 1. The molecule has 2 rings (SSSR count). The van der Waals surface area contributed by atoms with Gasteiger partial charge in [-0.15, -0.1) is 0 Å². The molecule has 1 aromatic carbocycles. The predicted octanol–water partition coefficient (Wildman–Crippen LogP) is 3.94. The Bertz CT molecular complexity index is 445. The van der Waals surface area contributed by atoms with Crippen LogP contribution in [0.5, 0.6) is 0 Å². The molecule has 21 heavy (non-hydrogen) atoms. The molecule has 1 unspecified atom stereocenters. The zero-order chi connectivity index (χ0) is 15.2. The van der Waals surface area contributed by atoms with Crippen LogP contribution in [0.2, 0.25) is 0 Å². The van der Waals surface area contributed by atoms with Crippen LogP contribution in [-0.4, -0.2) is 30.6 Å². The Hall–Kier alpha value is -1.12. The fourth-order valence-corrected chi connectivity index (χ4v) is 2.62. The Kier molecular flexibility index (Phi) is 6.01. The summed E-state index contributed by atoms with van der Waals surface area (Å²) < 4.78 is 0. The van der Waals surface area contributed by atoms with E-state index in [1.807, 2.05) is 0 Å². The zero-order valence-corrected chi connectivity index (χ0v) is 13.9. The maximum atomic E-state index is 4.01. The third-order valence-corrected chi connectivity index (χ3v) is 4.19. The fourth-order valence-electron chi connectivity index (χ4n) is 2.62. The molecule has 0 spiro atoms. The van der Waals surface area contributed by atoms with Crippen LogP contribution in [0.3, 0.4) is 0 Å². The number of rotatable bonds is 9. The molecular weight excluding hydrogens is 256 g/mol. The van der Waals surface area contributed by atoms with E-state index in [0.717, 1.165) is 32.2 Å². The van der Waals surface area contributed by atoms with E-state index in [9.17, 15) is 0 Å². The van der Waals surface area contributed by atoms with Crippen molar-refractivity contribution >= 4 is 0 Å². The molecule has 0 heterocycles. The molecule has 0 aromatic heterocycles. The van der Waals surface area contributed by atoms with Crippen molar-refractivity contribution < 1.29 is 0 Å². The molecule has 2 heteroatoms. The van der Waals surface area contributed by atoms with Crippen molar-refractivity contribution in [2.24, 2.45) is 0 Å². The van der Waals surface area contributed by atoms with Gasteiger partial charge < -0.3 is 5.32 Å². The highest BCUT2D eigenvalue weighted by molar-refractivity contribution is 5.25. The van der Waals surface area contributed by atoms with E-state index in [1.54, 1.807) is 0 Å². The average molecular weight is 286 g/mol. The Balaban J connectivity index is 1.86. The van der Waals surface area contributed by atoms with E-state index in [1.165, 1.54) is 29.5 Å². The summed E-state index contributed by atoms with van der Waals surface area (Å²) in [5, 5.41) is 3.61. The van der Waals surface area contributed by atoms with Crippen molar-refractivity contribution in [2.75, 3.05) is 19.6 Å². The molecule has 0 aliphatic heterocycles. The van der Waals surface area contributed by atoms with Gasteiger partial charge in [0.1, 0.15) is 0 Å². The third kappa shape index (κ3) is 5.64. The van der Waals surface area contributed by atoms with Crippen LogP contribution in [0.25, 0.3) is 0 Å². The molecule has 0 radical (unpaired) electrons. The number of likely N-dealkylation sites (N-methyl/N-ethyl adjacent to an activating group) is 1. The Labute approximate surface area is 130 Å². The Morgan fingerprint density at radius 3 is 2.52 bits per heavy atom. The largest absolute Gasteiger partial charge is 0.313 e. The van der Waals surface area contributed by atoms with Crippen LogP contribution in [-0.2, 0) is 6.54 Å². The maximum Gasteiger partial charge on any atom is 0.0237 e. The third-order valence-electron chi connectivity index (χ3n) is 4.19. The lowest BCUT2D eigenvalue weighted by molar-refractivity contribution is 0.304. The molecule has 1 aliphatic rings. The van der Waals surface area contributed by atoms with Crippen molar-refractivity contribution in [1.82, 2.24) is 10.2 Å². The Morgan fingerprint density at radius 2 is 2.00 bits per heavy atom. The number of hydrogen-bond acceptors (Lipinski definition) is 2. The van der Waals surface area contributed by atoms with Gasteiger partial charge in [0.2, 0.25) is 0 Å². The quantitative estimate of drug-likeness (QED) is 0.692. The zero-order valence-electron chi connectivity index (χ0n) is 13.9. The molecule has 1 aliphatic carbocycles. The van der Waals surface area contributed by atoms with Crippen molar-refractivity contribution in [1.29, 1.82) is 0 Å². The normalized spacial score (nSPS) is 16.2. The highest BCUT2D eigenvalue weighted by Crippen LogP contribution is 2.21. The minimum atomic E-state index is 0.595. The van der Waals surface area contributed by atoms with Crippen LogP contribution in [0.4, 0.5) is 0 Å². The van der Waals surface area contributed by atoms with Crippen LogP contribution in [0.1, 0.15) is 50.7 Å². The molecule has 1 aromatic rings. The molecule has 116 valence electrons. The van der Waals surface area contributed by atoms with E-state index in [0.29, 0.717) is 5.92 Å². The van der Waals surface area contributed by atoms with Crippen LogP contribution in [0, 0.1) is 0 Å².